The molecule has 0 spiro atoms. The summed E-state index contributed by atoms with van der Waals surface area (Å²) in [5.41, 5.74) is 5.30. The number of hydrogen-bond donors (Lipinski definition) is 3. The van der Waals surface area contributed by atoms with Crippen LogP contribution in [0.4, 0.5) is 0 Å². The lowest BCUT2D eigenvalue weighted by Gasteiger charge is -2.13. The van der Waals surface area contributed by atoms with E-state index in [0.717, 1.165) is 0 Å². The summed E-state index contributed by atoms with van der Waals surface area (Å²) in [5, 5.41) is 11.3. The number of carboxylic acid groups (broad SMARTS) is 1. The molecule has 1 amide bonds. The van der Waals surface area contributed by atoms with Gasteiger partial charge < -0.3 is 20.7 Å². The molecule has 1 heterocycles. The molecule has 94 valence electrons. The highest BCUT2D eigenvalue weighted by Crippen LogP contribution is 2.00. The molecule has 17 heavy (non-hydrogen) atoms. The lowest BCUT2D eigenvalue weighted by molar-refractivity contribution is -0.139. The van der Waals surface area contributed by atoms with Crippen molar-refractivity contribution in [1.29, 1.82) is 0 Å². The summed E-state index contributed by atoms with van der Waals surface area (Å²) in [4.78, 5) is 26.5. The van der Waals surface area contributed by atoms with Gasteiger partial charge in [0.2, 0.25) is 0 Å². The summed E-state index contributed by atoms with van der Waals surface area (Å²) in [5.74, 6) is -1.38. The van der Waals surface area contributed by atoms with Gasteiger partial charge in [-0.15, -0.1) is 0 Å². The van der Waals surface area contributed by atoms with Gasteiger partial charge in [-0.2, -0.15) is 0 Å². The fourth-order valence-electron chi connectivity index (χ4n) is 1.39. The van der Waals surface area contributed by atoms with Crippen LogP contribution in [0, 0.1) is 0 Å². The van der Waals surface area contributed by atoms with E-state index in [1.54, 1.807) is 13.2 Å². The molecule has 0 aromatic carbocycles. The molecular weight excluding hydrogens is 224 g/mol. The number of aryl methyl sites for hydroxylation is 1. The second kappa shape index (κ2) is 6.00. The van der Waals surface area contributed by atoms with E-state index in [1.165, 1.54) is 10.8 Å². The largest absolute Gasteiger partial charge is 0.480 e. The van der Waals surface area contributed by atoms with Gasteiger partial charge in [0, 0.05) is 19.4 Å². The molecule has 1 rings (SSSR count). The molecule has 4 N–H and O–H groups in total. The zero-order valence-corrected chi connectivity index (χ0v) is 9.59. The minimum Gasteiger partial charge on any atom is -0.480 e. The first-order valence-corrected chi connectivity index (χ1v) is 5.27. The minimum atomic E-state index is -1.07. The van der Waals surface area contributed by atoms with E-state index in [9.17, 15) is 9.59 Å². The van der Waals surface area contributed by atoms with Crippen LogP contribution in [0.1, 0.15) is 23.5 Å². The van der Waals surface area contributed by atoms with Crippen molar-refractivity contribution < 1.29 is 14.7 Å². The molecule has 0 aliphatic carbocycles. The van der Waals surface area contributed by atoms with Gasteiger partial charge in [0.25, 0.3) is 5.91 Å². The van der Waals surface area contributed by atoms with Gasteiger partial charge in [-0.05, 0) is 19.4 Å². The molecule has 0 bridgehead atoms. The van der Waals surface area contributed by atoms with Crippen LogP contribution in [0.2, 0.25) is 0 Å². The predicted octanol–water partition coefficient (Wildman–Crippen LogP) is -0.658. The van der Waals surface area contributed by atoms with Crippen LogP contribution in [0.5, 0.6) is 0 Å². The van der Waals surface area contributed by atoms with Crippen LogP contribution < -0.4 is 11.1 Å². The quantitative estimate of drug-likeness (QED) is 0.611. The third kappa shape index (κ3) is 3.56. The monoisotopic (exact) mass is 240 g/mol. The second-order valence-electron chi connectivity index (χ2n) is 3.66. The topological polar surface area (TPSA) is 110 Å². The maximum atomic E-state index is 11.7. The number of carbonyl (C=O) groups excluding carboxylic acids is 1. The number of carboxylic acids is 1. The maximum absolute atomic E-state index is 11.7. The molecule has 0 saturated heterocycles. The van der Waals surface area contributed by atoms with Gasteiger partial charge in [0.1, 0.15) is 6.04 Å². The summed E-state index contributed by atoms with van der Waals surface area (Å²) in [7, 11) is 1.66. The van der Waals surface area contributed by atoms with E-state index in [2.05, 4.69) is 10.3 Å². The van der Waals surface area contributed by atoms with E-state index in [1.807, 2.05) is 0 Å². The summed E-state index contributed by atoms with van der Waals surface area (Å²) >= 11 is 0. The Bertz CT molecular complexity index is 402. The average molecular weight is 240 g/mol. The van der Waals surface area contributed by atoms with Crippen LogP contribution in [0.25, 0.3) is 0 Å². The standard InChI is InChI=1S/C10H16N4O3/c1-14-6-5-12-8(14)9(15)13-7(10(16)17)3-2-4-11/h5-7H,2-4,11H2,1H3,(H,13,15)(H,16,17)/t7-/m0/s1. The van der Waals surface area contributed by atoms with Crippen molar-refractivity contribution in [1.82, 2.24) is 14.9 Å². The van der Waals surface area contributed by atoms with Gasteiger partial charge >= 0.3 is 5.97 Å². The Balaban J connectivity index is 2.64. The van der Waals surface area contributed by atoms with Gasteiger partial charge in [0.15, 0.2) is 5.82 Å². The fraction of sp³-hybridized carbons (Fsp3) is 0.500. The lowest BCUT2D eigenvalue weighted by atomic mass is 10.1. The SMILES string of the molecule is Cn1ccnc1C(=O)N[C@@H](CCCN)C(=O)O. The van der Waals surface area contributed by atoms with Crippen LogP contribution in [0.15, 0.2) is 12.4 Å². The summed E-state index contributed by atoms with van der Waals surface area (Å²) < 4.78 is 1.52. The van der Waals surface area contributed by atoms with Crippen LogP contribution in [-0.2, 0) is 11.8 Å². The molecule has 7 nitrogen and oxygen atoms in total. The van der Waals surface area contributed by atoms with Crippen molar-refractivity contribution in [2.45, 2.75) is 18.9 Å². The highest BCUT2D eigenvalue weighted by atomic mass is 16.4. The zero-order chi connectivity index (χ0) is 12.8. The number of aliphatic carboxylic acids is 1. The highest BCUT2D eigenvalue weighted by molar-refractivity contribution is 5.93. The molecule has 1 aromatic heterocycles. The van der Waals surface area contributed by atoms with Crippen molar-refractivity contribution in [3.63, 3.8) is 0 Å². The number of rotatable bonds is 6. The Kier molecular flexibility index (Phi) is 4.65. The molecular formula is C10H16N4O3. The zero-order valence-electron chi connectivity index (χ0n) is 9.59. The van der Waals surface area contributed by atoms with Gasteiger partial charge in [-0.25, -0.2) is 9.78 Å². The Morgan fingerprint density at radius 1 is 1.65 bits per heavy atom. The first-order chi connectivity index (χ1) is 8.06. The van der Waals surface area contributed by atoms with Gasteiger partial charge in [0.05, 0.1) is 0 Å². The highest BCUT2D eigenvalue weighted by Gasteiger charge is 2.21. The minimum absolute atomic E-state index is 0.184. The second-order valence-corrected chi connectivity index (χ2v) is 3.66. The number of amides is 1. The first-order valence-electron chi connectivity index (χ1n) is 5.27. The molecule has 0 aliphatic rings. The van der Waals surface area contributed by atoms with Gasteiger partial charge in [-0.1, -0.05) is 0 Å². The number of carbonyl (C=O) groups is 2. The molecule has 0 fully saturated rings. The third-order valence-electron chi connectivity index (χ3n) is 2.32. The van der Waals surface area contributed by atoms with Crippen LogP contribution in [-0.4, -0.2) is 39.1 Å². The van der Waals surface area contributed by atoms with Crippen LogP contribution in [0.3, 0.4) is 0 Å². The van der Waals surface area contributed by atoms with E-state index in [0.29, 0.717) is 19.4 Å². The molecule has 1 aromatic rings. The number of nitrogens with two attached hydrogens (primary N) is 1. The maximum Gasteiger partial charge on any atom is 0.326 e. The molecule has 0 unspecified atom stereocenters. The number of aromatic nitrogens is 2. The van der Waals surface area contributed by atoms with E-state index < -0.39 is 17.9 Å². The molecule has 0 radical (unpaired) electrons. The number of imidazole rings is 1. The number of nitrogens with one attached hydrogen (secondary N) is 1. The van der Waals surface area contributed by atoms with Crippen molar-refractivity contribution in [3.05, 3.63) is 18.2 Å². The number of hydrogen-bond acceptors (Lipinski definition) is 4. The lowest BCUT2D eigenvalue weighted by Crippen LogP contribution is -2.41. The Labute approximate surface area is 98.6 Å². The normalized spacial score (nSPS) is 12.1. The van der Waals surface area contributed by atoms with Crippen molar-refractivity contribution in [2.24, 2.45) is 12.8 Å². The van der Waals surface area contributed by atoms with Crippen molar-refractivity contribution in [3.8, 4) is 0 Å². The van der Waals surface area contributed by atoms with Crippen molar-refractivity contribution >= 4 is 11.9 Å². The first kappa shape index (κ1) is 13.2. The molecule has 0 saturated carbocycles. The fourth-order valence-corrected chi connectivity index (χ4v) is 1.39. The average Bonchev–Trinajstić information content (AvgIpc) is 2.70. The Morgan fingerprint density at radius 2 is 2.35 bits per heavy atom. The molecule has 7 heteroatoms. The Morgan fingerprint density at radius 3 is 2.82 bits per heavy atom. The summed E-state index contributed by atoms with van der Waals surface area (Å²) in [6.07, 6.45) is 3.94. The summed E-state index contributed by atoms with van der Waals surface area (Å²) in [6, 6.07) is -0.928. The summed E-state index contributed by atoms with van der Waals surface area (Å²) in [6.45, 7) is 0.391. The van der Waals surface area contributed by atoms with E-state index in [4.69, 9.17) is 10.8 Å². The Hall–Kier alpha value is -1.89. The smallest absolute Gasteiger partial charge is 0.326 e. The van der Waals surface area contributed by atoms with Crippen LogP contribution >= 0.6 is 0 Å². The molecule has 1 atom stereocenters. The predicted molar refractivity (Wildman–Crippen MR) is 60.4 cm³/mol. The van der Waals surface area contributed by atoms with E-state index >= 15 is 0 Å². The third-order valence-corrected chi connectivity index (χ3v) is 2.32. The van der Waals surface area contributed by atoms with Crippen molar-refractivity contribution in [2.75, 3.05) is 6.54 Å². The van der Waals surface area contributed by atoms with Gasteiger partial charge in [-0.3, -0.25) is 4.79 Å². The molecule has 0 aliphatic heterocycles. The van der Waals surface area contributed by atoms with E-state index in [-0.39, 0.29) is 5.82 Å². The number of nitrogens with zero attached hydrogens (tertiary/aromatic N) is 2.